The largest absolute Gasteiger partial charge is 0.419 e. The molecule has 36 heavy (non-hydrogen) atoms. The number of imidazole rings is 1. The summed E-state index contributed by atoms with van der Waals surface area (Å²) in [6, 6.07) is 13.9. The summed E-state index contributed by atoms with van der Waals surface area (Å²) in [5, 5.41) is 2.81. The Morgan fingerprint density at radius 1 is 1.03 bits per heavy atom. The molecular weight excluding hydrogens is 484 g/mol. The quantitative estimate of drug-likeness (QED) is 0.304. The first-order chi connectivity index (χ1) is 17.1. The lowest BCUT2D eigenvalue weighted by molar-refractivity contribution is -0.222. The van der Waals surface area contributed by atoms with Crippen molar-refractivity contribution in [1.82, 2.24) is 14.3 Å². The van der Waals surface area contributed by atoms with Gasteiger partial charge in [0, 0.05) is 44.7 Å². The molecule has 5 rings (SSSR count). The minimum absolute atomic E-state index is 0.168. The van der Waals surface area contributed by atoms with Crippen LogP contribution in [-0.2, 0) is 29.1 Å². The first-order valence-electron chi connectivity index (χ1n) is 11.6. The number of aromatic nitrogens is 2. The molecule has 1 aromatic heterocycles. The van der Waals surface area contributed by atoms with Crippen molar-refractivity contribution >= 4 is 38.7 Å². The molecule has 0 bridgehead atoms. The van der Waals surface area contributed by atoms with Crippen LogP contribution in [0.1, 0.15) is 38.4 Å². The van der Waals surface area contributed by atoms with Crippen LogP contribution in [0.5, 0.6) is 0 Å². The monoisotopic (exact) mass is 510 g/mol. The fourth-order valence-corrected chi connectivity index (χ4v) is 5.81. The van der Waals surface area contributed by atoms with Gasteiger partial charge in [-0.15, -0.1) is 0 Å². The lowest BCUT2D eigenvalue weighted by Crippen LogP contribution is -2.42. The number of ether oxygens (including phenoxy) is 2. The van der Waals surface area contributed by atoms with Gasteiger partial charge in [0.1, 0.15) is 5.82 Å². The van der Waals surface area contributed by atoms with E-state index in [0.29, 0.717) is 31.6 Å². The molecule has 11 heteroatoms. The Labute approximate surface area is 208 Å². The van der Waals surface area contributed by atoms with Crippen LogP contribution in [0, 0.1) is 0 Å². The van der Waals surface area contributed by atoms with E-state index in [1.807, 2.05) is 24.3 Å². The second-order valence-electron chi connectivity index (χ2n) is 9.22. The highest BCUT2D eigenvalue weighted by atomic mass is 32.2. The zero-order valence-corrected chi connectivity index (χ0v) is 20.7. The zero-order chi connectivity index (χ0) is 25.5. The summed E-state index contributed by atoms with van der Waals surface area (Å²) in [6.07, 6.45) is 2.54. The number of anilines is 1. The van der Waals surface area contributed by atoms with Crippen molar-refractivity contribution in [3.8, 4) is 0 Å². The van der Waals surface area contributed by atoms with E-state index in [9.17, 15) is 18.0 Å². The lowest BCUT2D eigenvalue weighted by atomic mass is 9.97. The van der Waals surface area contributed by atoms with E-state index in [2.05, 4.69) is 15.3 Å². The first-order valence-corrected chi connectivity index (χ1v) is 13.0. The second kappa shape index (κ2) is 9.07. The molecule has 0 amide bonds. The Balaban J connectivity index is 1.22. The normalized spacial score (nSPS) is 19.1. The maximum absolute atomic E-state index is 13.2. The molecule has 0 radical (unpaired) electrons. The van der Waals surface area contributed by atoms with Gasteiger partial charge in [-0.1, -0.05) is 12.1 Å². The summed E-state index contributed by atoms with van der Waals surface area (Å²) in [5.74, 6) is -1.84. The van der Waals surface area contributed by atoms with Crippen LogP contribution >= 0.6 is 0 Å². The molecule has 0 spiro atoms. The minimum atomic E-state index is -3.66. The summed E-state index contributed by atoms with van der Waals surface area (Å²) < 4.78 is 37.9. The molecule has 2 fully saturated rings. The van der Waals surface area contributed by atoms with Crippen LogP contribution in [-0.4, -0.2) is 53.5 Å². The number of carbonyl (C=O) groups is 2. The first kappa shape index (κ1) is 24.0. The molecule has 3 heterocycles. The van der Waals surface area contributed by atoms with E-state index in [1.165, 1.54) is 36.5 Å². The Bertz CT molecular complexity index is 1400. The average Bonchev–Trinajstić information content (AvgIpc) is 3.28. The molecule has 2 aliphatic heterocycles. The number of nitrogens with zero attached hydrogens (tertiary/aromatic N) is 2. The van der Waals surface area contributed by atoms with Crippen LogP contribution in [0.4, 0.5) is 5.69 Å². The lowest BCUT2D eigenvalue weighted by Gasteiger charge is -2.30. The van der Waals surface area contributed by atoms with Gasteiger partial charge in [0.05, 0.1) is 15.9 Å². The fraction of sp³-hybridized carbons (Fsp3) is 0.320. The van der Waals surface area contributed by atoms with Crippen molar-refractivity contribution < 1.29 is 27.5 Å². The van der Waals surface area contributed by atoms with Crippen LogP contribution in [0.2, 0.25) is 0 Å². The number of rotatable bonds is 5. The number of benzene rings is 2. The van der Waals surface area contributed by atoms with E-state index >= 15 is 0 Å². The summed E-state index contributed by atoms with van der Waals surface area (Å²) in [6.45, 7) is 3.73. The van der Waals surface area contributed by atoms with Gasteiger partial charge in [0.25, 0.3) is 5.79 Å². The molecule has 10 nitrogen and oxygen atoms in total. The Morgan fingerprint density at radius 2 is 1.67 bits per heavy atom. The smallest absolute Gasteiger partial charge is 0.350 e. The number of para-hydroxylation sites is 2. The number of hydrogen-bond donors (Lipinski definition) is 2. The third-order valence-electron chi connectivity index (χ3n) is 6.24. The van der Waals surface area contributed by atoms with Crippen molar-refractivity contribution in [2.45, 2.75) is 43.3 Å². The van der Waals surface area contributed by atoms with E-state index < -0.39 is 27.7 Å². The molecule has 0 atom stereocenters. The van der Waals surface area contributed by atoms with E-state index in [1.54, 1.807) is 12.1 Å². The van der Waals surface area contributed by atoms with Gasteiger partial charge in [-0.25, -0.2) is 23.0 Å². The molecule has 188 valence electrons. The molecule has 2 aliphatic rings. The highest BCUT2D eigenvalue weighted by molar-refractivity contribution is 7.89. The number of sulfonamides is 1. The number of H-pyrrole nitrogens is 1. The minimum Gasteiger partial charge on any atom is -0.419 e. The van der Waals surface area contributed by atoms with Crippen molar-refractivity contribution in [2.75, 3.05) is 18.4 Å². The second-order valence-corrected chi connectivity index (χ2v) is 11.2. The van der Waals surface area contributed by atoms with Gasteiger partial charge >= 0.3 is 11.9 Å². The fourth-order valence-electron chi connectivity index (χ4n) is 4.34. The Hall–Kier alpha value is -3.70. The summed E-state index contributed by atoms with van der Waals surface area (Å²) >= 11 is 0. The van der Waals surface area contributed by atoms with Gasteiger partial charge in [0.15, 0.2) is 5.57 Å². The highest BCUT2D eigenvalue weighted by Crippen LogP contribution is 2.31. The molecule has 0 aliphatic carbocycles. The van der Waals surface area contributed by atoms with Gasteiger partial charge < -0.3 is 19.8 Å². The van der Waals surface area contributed by atoms with Crippen LogP contribution in [0.15, 0.2) is 65.2 Å². The summed E-state index contributed by atoms with van der Waals surface area (Å²) in [7, 11) is -3.66. The van der Waals surface area contributed by atoms with E-state index in [4.69, 9.17) is 9.47 Å². The van der Waals surface area contributed by atoms with E-state index in [0.717, 1.165) is 16.9 Å². The molecule has 2 aromatic carbocycles. The Kier molecular flexibility index (Phi) is 6.05. The maximum atomic E-state index is 13.2. The van der Waals surface area contributed by atoms with Gasteiger partial charge in [-0.05, 0) is 49.2 Å². The summed E-state index contributed by atoms with van der Waals surface area (Å²) in [5.41, 5.74) is 2.11. The highest BCUT2D eigenvalue weighted by Gasteiger charge is 2.39. The number of nitrogens with one attached hydrogen (secondary N) is 2. The number of carbonyl (C=O) groups excluding carboxylic acids is 2. The van der Waals surface area contributed by atoms with E-state index in [-0.39, 0.29) is 16.4 Å². The number of aromatic amines is 1. The Morgan fingerprint density at radius 3 is 2.31 bits per heavy atom. The number of hydrogen-bond acceptors (Lipinski definition) is 8. The molecular formula is C25H26N4O6S. The van der Waals surface area contributed by atoms with Crippen molar-refractivity contribution in [3.63, 3.8) is 0 Å². The molecule has 0 unspecified atom stereocenters. The maximum Gasteiger partial charge on any atom is 0.350 e. The standard InChI is InChI=1S/C25H26N4O6S/c1-25(2)34-23(30)19(24(31)35-25)15-26-17-7-9-18(10-8-17)36(32,33)29-13-11-16(12-14-29)22-27-20-5-3-4-6-21(20)28-22/h3-10,15-16,26H,11-14H2,1-2H3,(H,27,28). The zero-order valence-electron chi connectivity index (χ0n) is 19.9. The van der Waals surface area contributed by atoms with Crippen LogP contribution < -0.4 is 5.32 Å². The van der Waals surface area contributed by atoms with Crippen LogP contribution in [0.25, 0.3) is 11.0 Å². The summed E-state index contributed by atoms with van der Waals surface area (Å²) in [4.78, 5) is 32.3. The predicted molar refractivity (Wildman–Crippen MR) is 131 cm³/mol. The topological polar surface area (TPSA) is 131 Å². The number of piperidine rings is 1. The van der Waals surface area contributed by atoms with Crippen molar-refractivity contribution in [3.05, 3.63) is 66.1 Å². The van der Waals surface area contributed by atoms with Gasteiger partial charge in [-0.3, -0.25) is 0 Å². The van der Waals surface area contributed by atoms with Crippen molar-refractivity contribution in [2.24, 2.45) is 0 Å². The van der Waals surface area contributed by atoms with Gasteiger partial charge in [-0.2, -0.15) is 4.31 Å². The average molecular weight is 511 g/mol. The van der Waals surface area contributed by atoms with Crippen LogP contribution in [0.3, 0.4) is 0 Å². The number of esters is 2. The molecule has 2 N–H and O–H groups in total. The molecule has 0 saturated carbocycles. The number of cyclic esters (lactones) is 2. The predicted octanol–water partition coefficient (Wildman–Crippen LogP) is 3.26. The SMILES string of the molecule is CC1(C)OC(=O)C(=CNc2ccc(S(=O)(=O)N3CCC(c4nc5ccccc5[nH]4)CC3)cc2)C(=O)O1. The molecule has 3 aromatic rings. The molecule has 2 saturated heterocycles. The third kappa shape index (κ3) is 4.71. The number of fused-ring (bicyclic) bond motifs is 1. The van der Waals surface area contributed by atoms with Gasteiger partial charge in [0.2, 0.25) is 10.0 Å². The third-order valence-corrected chi connectivity index (χ3v) is 8.15. The van der Waals surface area contributed by atoms with Crippen molar-refractivity contribution in [1.29, 1.82) is 0 Å².